The second kappa shape index (κ2) is 8.46. The summed E-state index contributed by atoms with van der Waals surface area (Å²) in [6.45, 7) is 4.70. The van der Waals surface area contributed by atoms with Crippen LogP contribution in [0.25, 0.3) is 22.2 Å². The Morgan fingerprint density at radius 1 is 1.11 bits per heavy atom. The van der Waals surface area contributed by atoms with Crippen LogP contribution in [-0.4, -0.2) is 15.9 Å². The average molecular weight is 412 g/mol. The highest BCUT2D eigenvalue weighted by Crippen LogP contribution is 2.36. The number of nitrogens with one attached hydrogen (secondary N) is 2. The van der Waals surface area contributed by atoms with Gasteiger partial charge in [-0.3, -0.25) is 0 Å². The van der Waals surface area contributed by atoms with Gasteiger partial charge in [-0.25, -0.2) is 9.98 Å². The molecule has 4 N–H and O–H groups in total. The van der Waals surface area contributed by atoms with Crippen molar-refractivity contribution in [3.63, 3.8) is 0 Å². The lowest BCUT2D eigenvalue weighted by atomic mass is 10.1. The predicted molar refractivity (Wildman–Crippen MR) is 122 cm³/mol. The summed E-state index contributed by atoms with van der Waals surface area (Å²) in [6, 6.07) is 18.3. The van der Waals surface area contributed by atoms with Gasteiger partial charge in [-0.2, -0.15) is 0 Å². The molecule has 2 aromatic heterocycles. The molecule has 2 heterocycles. The van der Waals surface area contributed by atoms with Crippen molar-refractivity contribution in [3.05, 3.63) is 70.7 Å². The molecule has 0 spiro atoms. The maximum atomic E-state index is 6.05. The minimum atomic E-state index is 0. The zero-order chi connectivity index (χ0) is 18.8. The Bertz CT molecular complexity index is 1110. The molecule has 0 saturated carbocycles. The molecule has 0 unspecified atom stereocenters. The number of H-pyrrole nitrogens is 1. The Hall–Kier alpha value is -2.83. The molecule has 4 rings (SSSR count). The molecule has 0 aliphatic rings. The van der Waals surface area contributed by atoms with E-state index in [4.69, 9.17) is 10.7 Å². The zero-order valence-corrected chi connectivity index (χ0v) is 17.3. The van der Waals surface area contributed by atoms with Gasteiger partial charge in [0, 0.05) is 27.0 Å². The molecule has 0 aliphatic heterocycles. The van der Waals surface area contributed by atoms with Crippen LogP contribution < -0.4 is 11.1 Å². The number of aromatic amines is 1. The fourth-order valence-electron chi connectivity index (χ4n) is 3.17. The molecule has 0 saturated heterocycles. The van der Waals surface area contributed by atoms with Crippen LogP contribution >= 0.6 is 23.7 Å². The summed E-state index contributed by atoms with van der Waals surface area (Å²) in [5, 5.41) is 5.06. The van der Waals surface area contributed by atoms with E-state index in [1.165, 1.54) is 5.39 Å². The van der Waals surface area contributed by atoms with E-state index >= 15 is 0 Å². The van der Waals surface area contributed by atoms with E-state index < -0.39 is 0 Å². The van der Waals surface area contributed by atoms with Crippen molar-refractivity contribution < 1.29 is 0 Å². The molecule has 7 heteroatoms. The molecule has 0 bridgehead atoms. The van der Waals surface area contributed by atoms with E-state index in [2.05, 4.69) is 41.3 Å². The maximum absolute atomic E-state index is 6.05. The fourth-order valence-corrected chi connectivity index (χ4v) is 4.00. The highest BCUT2D eigenvalue weighted by Gasteiger charge is 2.17. The summed E-state index contributed by atoms with van der Waals surface area (Å²) in [6.07, 6.45) is 0. The topological polar surface area (TPSA) is 79.1 Å². The molecule has 0 fully saturated rings. The van der Waals surface area contributed by atoms with Gasteiger partial charge in [0.15, 0.2) is 11.1 Å². The minimum Gasteiger partial charge on any atom is -0.370 e. The van der Waals surface area contributed by atoms with Crippen LogP contribution in [0.2, 0.25) is 0 Å². The van der Waals surface area contributed by atoms with E-state index in [1.54, 1.807) is 11.3 Å². The second-order valence-electron chi connectivity index (χ2n) is 6.41. The van der Waals surface area contributed by atoms with Gasteiger partial charge in [-0.05, 0) is 25.5 Å². The van der Waals surface area contributed by atoms with Gasteiger partial charge in [0.25, 0.3) is 0 Å². The summed E-state index contributed by atoms with van der Waals surface area (Å²) < 4.78 is 0. The lowest BCUT2D eigenvalue weighted by Crippen LogP contribution is -2.22. The van der Waals surface area contributed by atoms with Gasteiger partial charge in [0.2, 0.25) is 0 Å². The number of aryl methyl sites for hydroxylation is 2. The molecule has 0 radical (unpaired) electrons. The van der Waals surface area contributed by atoms with Crippen LogP contribution in [0.3, 0.4) is 0 Å². The molecule has 0 atom stereocenters. The Labute approximate surface area is 174 Å². The number of fused-ring (bicyclic) bond motifs is 1. The third kappa shape index (κ3) is 4.03. The number of aromatic nitrogens is 2. The third-order valence-electron chi connectivity index (χ3n) is 4.44. The van der Waals surface area contributed by atoms with Crippen molar-refractivity contribution in [2.75, 3.05) is 5.32 Å². The molecule has 4 aromatic rings. The maximum Gasteiger partial charge on any atom is 0.195 e. The van der Waals surface area contributed by atoms with Gasteiger partial charge in [-0.15, -0.1) is 23.7 Å². The van der Waals surface area contributed by atoms with Crippen molar-refractivity contribution in [3.8, 4) is 11.3 Å². The van der Waals surface area contributed by atoms with Gasteiger partial charge in [0.1, 0.15) is 0 Å². The number of thiazole rings is 1. The van der Waals surface area contributed by atoms with Crippen LogP contribution in [0.1, 0.15) is 16.1 Å². The Balaban J connectivity index is 0.00000225. The largest absolute Gasteiger partial charge is 0.370 e. The van der Waals surface area contributed by atoms with Crippen LogP contribution in [0.5, 0.6) is 0 Å². The zero-order valence-electron chi connectivity index (χ0n) is 15.7. The van der Waals surface area contributed by atoms with E-state index in [9.17, 15) is 0 Å². The molecule has 5 nitrogen and oxygen atoms in total. The first-order chi connectivity index (χ1) is 13.1. The SMILES string of the molecule is Cc1[nH]c2ccccc2c1-c1nc(NC(N)=NCc2ccccc2)sc1C.Cl. The summed E-state index contributed by atoms with van der Waals surface area (Å²) in [4.78, 5) is 13.8. The Morgan fingerprint density at radius 3 is 2.61 bits per heavy atom. The number of para-hydroxylation sites is 1. The normalized spacial score (nSPS) is 11.4. The smallest absolute Gasteiger partial charge is 0.195 e. The molecule has 2 aromatic carbocycles. The third-order valence-corrected chi connectivity index (χ3v) is 5.32. The lowest BCUT2D eigenvalue weighted by Gasteiger charge is -2.02. The number of nitrogens with two attached hydrogens (primary N) is 1. The lowest BCUT2D eigenvalue weighted by molar-refractivity contribution is 1.06. The van der Waals surface area contributed by atoms with E-state index in [1.807, 2.05) is 42.5 Å². The molecular formula is C21H22ClN5S. The van der Waals surface area contributed by atoms with Gasteiger partial charge >= 0.3 is 0 Å². The average Bonchev–Trinajstić information content (AvgIpc) is 3.19. The van der Waals surface area contributed by atoms with Crippen LogP contribution in [0, 0.1) is 13.8 Å². The number of anilines is 1. The first-order valence-corrected chi connectivity index (χ1v) is 9.59. The number of hydrogen-bond acceptors (Lipinski definition) is 3. The van der Waals surface area contributed by atoms with Gasteiger partial charge in [0.05, 0.1) is 12.2 Å². The minimum absolute atomic E-state index is 0. The number of hydrogen-bond donors (Lipinski definition) is 3. The van der Waals surface area contributed by atoms with Gasteiger partial charge in [-0.1, -0.05) is 48.5 Å². The summed E-state index contributed by atoms with van der Waals surface area (Å²) in [5.41, 5.74) is 11.5. The highest BCUT2D eigenvalue weighted by atomic mass is 35.5. The number of nitrogens with zero attached hydrogens (tertiary/aromatic N) is 2. The van der Waals surface area contributed by atoms with E-state index in [-0.39, 0.29) is 12.4 Å². The fraction of sp³-hybridized carbons (Fsp3) is 0.143. The number of rotatable bonds is 4. The predicted octanol–water partition coefficient (Wildman–Crippen LogP) is 5.26. The highest BCUT2D eigenvalue weighted by molar-refractivity contribution is 7.16. The number of guanidine groups is 1. The van der Waals surface area contributed by atoms with E-state index in [0.29, 0.717) is 12.5 Å². The first kappa shape index (κ1) is 19.9. The van der Waals surface area contributed by atoms with E-state index in [0.717, 1.165) is 38.0 Å². The molecule has 28 heavy (non-hydrogen) atoms. The number of halogens is 1. The van der Waals surface area contributed by atoms with Crippen LogP contribution in [0.4, 0.5) is 5.13 Å². The summed E-state index contributed by atoms with van der Waals surface area (Å²) >= 11 is 1.58. The first-order valence-electron chi connectivity index (χ1n) is 8.78. The van der Waals surface area contributed by atoms with Crippen LogP contribution in [0.15, 0.2) is 59.6 Å². The van der Waals surface area contributed by atoms with Crippen molar-refractivity contribution >= 4 is 45.7 Å². The molecule has 144 valence electrons. The Morgan fingerprint density at radius 2 is 1.82 bits per heavy atom. The number of benzene rings is 2. The van der Waals surface area contributed by atoms with Crippen molar-refractivity contribution in [1.82, 2.24) is 9.97 Å². The standard InChI is InChI=1S/C21H21N5S.ClH/c1-13-18(16-10-6-7-11-17(16)24-13)19-14(2)27-21(25-19)26-20(22)23-12-15-8-4-3-5-9-15;/h3-11,24H,12H2,1-2H3,(H3,22,23,25,26);1H. The molecule has 0 amide bonds. The van der Waals surface area contributed by atoms with Crippen LogP contribution in [-0.2, 0) is 6.54 Å². The van der Waals surface area contributed by atoms with Crippen molar-refractivity contribution in [2.45, 2.75) is 20.4 Å². The quantitative estimate of drug-likeness (QED) is 0.316. The van der Waals surface area contributed by atoms with Gasteiger partial charge < -0.3 is 16.0 Å². The monoisotopic (exact) mass is 411 g/mol. The Kier molecular flexibility index (Phi) is 6.02. The summed E-state index contributed by atoms with van der Waals surface area (Å²) in [5.74, 6) is 0.370. The van der Waals surface area contributed by atoms with Crippen molar-refractivity contribution in [1.29, 1.82) is 0 Å². The van der Waals surface area contributed by atoms with Crippen molar-refractivity contribution in [2.24, 2.45) is 10.7 Å². The summed E-state index contributed by atoms with van der Waals surface area (Å²) in [7, 11) is 0. The second-order valence-corrected chi connectivity index (χ2v) is 7.61. The molecular weight excluding hydrogens is 390 g/mol. The molecule has 0 aliphatic carbocycles. The number of aliphatic imine (C=N–C) groups is 1.